The van der Waals surface area contributed by atoms with E-state index in [0.29, 0.717) is 5.92 Å². The quantitative estimate of drug-likeness (QED) is 0.526. The normalized spacial score (nSPS) is 22.8. The van der Waals surface area contributed by atoms with E-state index in [2.05, 4.69) is 6.58 Å². The van der Waals surface area contributed by atoms with Gasteiger partial charge in [-0.1, -0.05) is 12.5 Å². The number of rotatable bonds is 5. The van der Waals surface area contributed by atoms with E-state index in [1.807, 2.05) is 6.08 Å². The molecule has 0 aromatic heterocycles. The maximum absolute atomic E-state index is 11.1. The number of allylic oxidation sites excluding steroid dienone is 1. The fraction of sp³-hybridized carbons (Fsp3) is 0.778. The average Bonchev–Trinajstić information content (AvgIpc) is 1.93. The van der Waals surface area contributed by atoms with Gasteiger partial charge in [0.05, 0.1) is 0 Å². The summed E-state index contributed by atoms with van der Waals surface area (Å²) in [6.07, 6.45) is 7.46. The zero-order valence-corrected chi connectivity index (χ0v) is 8.19. The van der Waals surface area contributed by atoms with Crippen LogP contribution in [-0.4, -0.2) is 9.80 Å². The van der Waals surface area contributed by atoms with Crippen molar-refractivity contribution in [3.63, 3.8) is 0 Å². The van der Waals surface area contributed by atoms with Crippen molar-refractivity contribution < 1.29 is 4.55 Å². The SMILES string of the molecule is C=CCCC(C1CCC1)[S+](N)[O-]. The van der Waals surface area contributed by atoms with Crippen molar-refractivity contribution in [3.8, 4) is 0 Å². The Morgan fingerprint density at radius 1 is 1.67 bits per heavy atom. The maximum Gasteiger partial charge on any atom is 0.138 e. The third-order valence-electron chi connectivity index (χ3n) is 2.63. The largest absolute Gasteiger partial charge is 0.598 e. The van der Waals surface area contributed by atoms with Gasteiger partial charge in [0.2, 0.25) is 0 Å². The van der Waals surface area contributed by atoms with Gasteiger partial charge in [-0.25, -0.2) is 0 Å². The molecule has 1 aliphatic carbocycles. The van der Waals surface area contributed by atoms with Gasteiger partial charge < -0.3 is 4.55 Å². The molecule has 1 saturated carbocycles. The van der Waals surface area contributed by atoms with Gasteiger partial charge in [0.15, 0.2) is 0 Å². The van der Waals surface area contributed by atoms with Crippen LogP contribution in [0.25, 0.3) is 0 Å². The van der Waals surface area contributed by atoms with Gasteiger partial charge in [-0.05, 0) is 19.3 Å². The number of hydrogen-bond donors (Lipinski definition) is 1. The van der Waals surface area contributed by atoms with Crippen LogP contribution in [-0.2, 0) is 11.4 Å². The molecule has 2 N–H and O–H groups in total. The van der Waals surface area contributed by atoms with E-state index in [-0.39, 0.29) is 5.25 Å². The van der Waals surface area contributed by atoms with Crippen LogP contribution in [0.2, 0.25) is 0 Å². The summed E-state index contributed by atoms with van der Waals surface area (Å²) in [5.41, 5.74) is 0. The van der Waals surface area contributed by atoms with Crippen molar-refractivity contribution in [2.45, 2.75) is 37.4 Å². The first-order valence-corrected chi connectivity index (χ1v) is 5.79. The lowest BCUT2D eigenvalue weighted by molar-refractivity contribution is 0.291. The highest BCUT2D eigenvalue weighted by Crippen LogP contribution is 2.34. The summed E-state index contributed by atoms with van der Waals surface area (Å²) in [6, 6.07) is 0. The van der Waals surface area contributed by atoms with E-state index < -0.39 is 11.4 Å². The molecule has 1 rings (SSSR count). The predicted molar refractivity (Wildman–Crippen MR) is 52.9 cm³/mol. The van der Waals surface area contributed by atoms with E-state index in [4.69, 9.17) is 5.14 Å². The highest BCUT2D eigenvalue weighted by molar-refractivity contribution is 7.89. The first kappa shape index (κ1) is 10.1. The Hall–Kier alpha value is 0.01000. The molecule has 1 fully saturated rings. The van der Waals surface area contributed by atoms with Gasteiger partial charge in [0.1, 0.15) is 5.25 Å². The molecule has 0 heterocycles. The first-order valence-electron chi connectivity index (χ1n) is 4.51. The van der Waals surface area contributed by atoms with E-state index >= 15 is 0 Å². The lowest BCUT2D eigenvalue weighted by Crippen LogP contribution is -2.38. The van der Waals surface area contributed by atoms with Crippen LogP contribution < -0.4 is 5.14 Å². The van der Waals surface area contributed by atoms with Crippen molar-refractivity contribution in [1.29, 1.82) is 0 Å². The molecular formula is C9H17NOS. The molecule has 70 valence electrons. The predicted octanol–water partition coefficient (Wildman–Crippen LogP) is 1.74. The van der Waals surface area contributed by atoms with Crippen LogP contribution >= 0.6 is 0 Å². The smallest absolute Gasteiger partial charge is 0.138 e. The van der Waals surface area contributed by atoms with Crippen molar-refractivity contribution in [2.75, 3.05) is 0 Å². The number of hydrogen-bond acceptors (Lipinski definition) is 2. The molecule has 0 radical (unpaired) electrons. The van der Waals surface area contributed by atoms with E-state index in [9.17, 15) is 4.55 Å². The molecule has 2 unspecified atom stereocenters. The van der Waals surface area contributed by atoms with Crippen LogP contribution in [0, 0.1) is 5.92 Å². The molecule has 0 bridgehead atoms. The molecule has 2 atom stereocenters. The van der Waals surface area contributed by atoms with Crippen molar-refractivity contribution in [2.24, 2.45) is 11.1 Å². The Morgan fingerprint density at radius 3 is 2.67 bits per heavy atom. The summed E-state index contributed by atoms with van der Waals surface area (Å²) in [7, 11) is 0. The molecule has 0 saturated heterocycles. The molecule has 3 heteroatoms. The summed E-state index contributed by atoms with van der Waals surface area (Å²) in [4.78, 5) is 0. The van der Waals surface area contributed by atoms with Gasteiger partial charge in [0, 0.05) is 23.7 Å². The van der Waals surface area contributed by atoms with E-state index in [1.165, 1.54) is 19.3 Å². The Bertz CT molecular complexity index is 145. The minimum atomic E-state index is -1.13. The molecule has 0 aromatic rings. The molecule has 1 aliphatic rings. The summed E-state index contributed by atoms with van der Waals surface area (Å²) in [5, 5.41) is 5.64. The molecule has 12 heavy (non-hydrogen) atoms. The topological polar surface area (TPSA) is 49.1 Å². The second-order valence-corrected chi connectivity index (χ2v) is 4.69. The van der Waals surface area contributed by atoms with Crippen LogP contribution in [0.4, 0.5) is 0 Å². The fourth-order valence-electron chi connectivity index (χ4n) is 1.64. The van der Waals surface area contributed by atoms with Crippen LogP contribution in [0.1, 0.15) is 32.1 Å². The minimum Gasteiger partial charge on any atom is -0.598 e. The van der Waals surface area contributed by atoms with Crippen LogP contribution in [0.3, 0.4) is 0 Å². The monoisotopic (exact) mass is 187 g/mol. The average molecular weight is 187 g/mol. The van der Waals surface area contributed by atoms with Gasteiger partial charge in [-0.2, -0.15) is 5.14 Å². The zero-order valence-electron chi connectivity index (χ0n) is 7.37. The van der Waals surface area contributed by atoms with E-state index in [1.54, 1.807) is 0 Å². The Morgan fingerprint density at radius 2 is 2.33 bits per heavy atom. The minimum absolute atomic E-state index is 0.219. The van der Waals surface area contributed by atoms with Crippen LogP contribution in [0.15, 0.2) is 12.7 Å². The molecule has 0 aromatic carbocycles. The number of nitrogens with two attached hydrogens (primary N) is 1. The second-order valence-electron chi connectivity index (χ2n) is 3.42. The highest BCUT2D eigenvalue weighted by atomic mass is 32.2. The summed E-state index contributed by atoms with van der Waals surface area (Å²) in [5.74, 6) is 0.621. The summed E-state index contributed by atoms with van der Waals surface area (Å²) < 4.78 is 11.1. The molecule has 0 aliphatic heterocycles. The van der Waals surface area contributed by atoms with Gasteiger partial charge in [-0.3, -0.25) is 0 Å². The lowest BCUT2D eigenvalue weighted by atomic mass is 9.81. The van der Waals surface area contributed by atoms with E-state index in [0.717, 1.165) is 12.8 Å². The molecule has 0 amide bonds. The molecule has 0 spiro atoms. The van der Waals surface area contributed by atoms with Crippen molar-refractivity contribution in [1.82, 2.24) is 0 Å². The first-order chi connectivity index (χ1) is 5.75. The van der Waals surface area contributed by atoms with Gasteiger partial charge in [-0.15, -0.1) is 6.58 Å². The van der Waals surface area contributed by atoms with Crippen molar-refractivity contribution >= 4 is 11.4 Å². The zero-order chi connectivity index (χ0) is 8.97. The molecule has 2 nitrogen and oxygen atoms in total. The lowest BCUT2D eigenvalue weighted by Gasteiger charge is -2.32. The van der Waals surface area contributed by atoms with Gasteiger partial charge >= 0.3 is 0 Å². The van der Waals surface area contributed by atoms with Crippen LogP contribution in [0.5, 0.6) is 0 Å². The third kappa shape index (κ3) is 2.51. The third-order valence-corrected chi connectivity index (χ3v) is 3.85. The summed E-state index contributed by atoms with van der Waals surface area (Å²) >= 11 is -1.13. The molecular weight excluding hydrogens is 170 g/mol. The Kier molecular flexibility index (Phi) is 4.12. The van der Waals surface area contributed by atoms with Crippen molar-refractivity contribution in [3.05, 3.63) is 12.7 Å². The second kappa shape index (κ2) is 4.90. The maximum atomic E-state index is 11.1. The Labute approximate surface area is 77.5 Å². The highest BCUT2D eigenvalue weighted by Gasteiger charge is 2.33. The fourth-order valence-corrected chi connectivity index (χ4v) is 2.66. The standard InChI is InChI=1S/C9H17NOS/c1-2-3-7-9(12(10)11)8-5-4-6-8/h2,8-9H,1,3-7,10H2. The summed E-state index contributed by atoms with van der Waals surface area (Å²) in [6.45, 7) is 3.66. The Balaban J connectivity index is 2.31. The van der Waals surface area contributed by atoms with Gasteiger partial charge in [0.25, 0.3) is 0 Å².